The molecule has 1 heterocycles. The molecule has 4 nitrogen and oxygen atoms in total. The first-order valence-electron chi connectivity index (χ1n) is 9.24. The highest BCUT2D eigenvalue weighted by Crippen LogP contribution is 2.19. The summed E-state index contributed by atoms with van der Waals surface area (Å²) >= 11 is 0. The number of rotatable bonds is 8. The lowest BCUT2D eigenvalue weighted by molar-refractivity contribution is 0.0429. The largest absolute Gasteiger partial charge is 0.390 e. The summed E-state index contributed by atoms with van der Waals surface area (Å²) in [7, 11) is 1.74. The van der Waals surface area contributed by atoms with Gasteiger partial charge in [-0.2, -0.15) is 0 Å². The second-order valence-electron chi connectivity index (χ2n) is 7.04. The van der Waals surface area contributed by atoms with Gasteiger partial charge in [0.15, 0.2) is 0 Å². The van der Waals surface area contributed by atoms with E-state index in [0.717, 1.165) is 11.6 Å². The molecule has 27 heavy (non-hydrogen) atoms. The van der Waals surface area contributed by atoms with Crippen molar-refractivity contribution in [1.82, 2.24) is 10.6 Å². The molecule has 1 aliphatic heterocycles. The van der Waals surface area contributed by atoms with Crippen LogP contribution in [0.1, 0.15) is 17.5 Å². The van der Waals surface area contributed by atoms with E-state index in [2.05, 4.69) is 10.6 Å². The number of likely N-dealkylation sites (N-methyl/N-ethyl adjacent to an activating group) is 1. The average molecular weight is 376 g/mol. The lowest BCUT2D eigenvalue weighted by Crippen LogP contribution is -2.49. The van der Waals surface area contributed by atoms with Crippen LogP contribution in [0.15, 0.2) is 48.5 Å². The van der Waals surface area contributed by atoms with Crippen molar-refractivity contribution in [2.45, 2.75) is 43.7 Å². The Balaban J connectivity index is 1.53. The fourth-order valence-corrected chi connectivity index (χ4v) is 3.56. The summed E-state index contributed by atoms with van der Waals surface area (Å²) in [6.07, 6.45) is 0.338. The first kappa shape index (κ1) is 19.9. The Morgan fingerprint density at radius 1 is 1.15 bits per heavy atom. The van der Waals surface area contributed by atoms with Crippen molar-refractivity contribution >= 4 is 0 Å². The third kappa shape index (κ3) is 5.56. The van der Waals surface area contributed by atoms with Gasteiger partial charge in [-0.25, -0.2) is 8.78 Å². The Labute approximate surface area is 158 Å². The highest BCUT2D eigenvalue weighted by atomic mass is 19.1. The first-order valence-corrected chi connectivity index (χ1v) is 9.24. The highest BCUT2D eigenvalue weighted by Gasteiger charge is 2.34. The van der Waals surface area contributed by atoms with Gasteiger partial charge in [0.1, 0.15) is 11.6 Å². The topological polar surface area (TPSA) is 53.5 Å². The fraction of sp³-hybridized carbons (Fsp3) is 0.429. The molecule has 1 fully saturated rings. The van der Waals surface area contributed by atoms with Crippen molar-refractivity contribution in [3.05, 3.63) is 71.3 Å². The van der Waals surface area contributed by atoms with Crippen molar-refractivity contribution in [1.29, 1.82) is 0 Å². The molecular weight excluding hydrogens is 350 g/mol. The Bertz CT molecular complexity index is 709. The van der Waals surface area contributed by atoms with Gasteiger partial charge in [0.05, 0.1) is 18.8 Å². The van der Waals surface area contributed by atoms with E-state index in [0.29, 0.717) is 31.6 Å². The third-order valence-electron chi connectivity index (χ3n) is 5.03. The number of hydrogen-bond acceptors (Lipinski definition) is 4. The number of aliphatic hydroxyl groups excluding tert-OH is 1. The van der Waals surface area contributed by atoms with Gasteiger partial charge >= 0.3 is 0 Å². The zero-order chi connectivity index (χ0) is 19.2. The van der Waals surface area contributed by atoms with Gasteiger partial charge in [-0.05, 0) is 43.1 Å². The minimum atomic E-state index is -0.702. The molecule has 0 aromatic heterocycles. The van der Waals surface area contributed by atoms with Crippen LogP contribution in [0.2, 0.25) is 0 Å². The molecule has 0 aliphatic carbocycles. The summed E-state index contributed by atoms with van der Waals surface area (Å²) in [6.45, 7) is 1.20. The van der Waals surface area contributed by atoms with Crippen LogP contribution in [0.25, 0.3) is 0 Å². The van der Waals surface area contributed by atoms with Crippen molar-refractivity contribution in [3.8, 4) is 0 Å². The standard InChI is InChI=1S/C21H26F2N2O2/c1-24-19(9-15-7-16(22)10-17(23)8-15)21(26)20-11-18(12-25-20)27-13-14-5-3-2-4-6-14/h2-8,10,18-21,24-26H,9,11-13H2,1H3/t18-,19+,20-,21+/m1/s1. The maximum Gasteiger partial charge on any atom is 0.126 e. The van der Waals surface area contributed by atoms with E-state index in [1.807, 2.05) is 30.3 Å². The molecule has 0 spiro atoms. The molecule has 0 amide bonds. The van der Waals surface area contributed by atoms with Gasteiger partial charge in [0, 0.05) is 24.7 Å². The van der Waals surface area contributed by atoms with Crippen LogP contribution in [-0.2, 0) is 17.8 Å². The van der Waals surface area contributed by atoms with E-state index in [1.54, 1.807) is 7.05 Å². The molecule has 146 valence electrons. The third-order valence-corrected chi connectivity index (χ3v) is 5.03. The molecule has 0 unspecified atom stereocenters. The summed E-state index contributed by atoms with van der Waals surface area (Å²) in [5.74, 6) is -1.22. The monoisotopic (exact) mass is 376 g/mol. The van der Waals surface area contributed by atoms with Gasteiger partial charge in [-0.15, -0.1) is 0 Å². The Morgan fingerprint density at radius 2 is 1.85 bits per heavy atom. The molecule has 0 radical (unpaired) electrons. The van der Waals surface area contributed by atoms with Crippen LogP contribution in [-0.4, -0.2) is 43.0 Å². The molecule has 1 saturated heterocycles. The van der Waals surface area contributed by atoms with Crippen LogP contribution in [0, 0.1) is 11.6 Å². The quantitative estimate of drug-likeness (QED) is 0.662. The molecule has 3 rings (SSSR count). The van der Waals surface area contributed by atoms with Crippen molar-refractivity contribution in [2.75, 3.05) is 13.6 Å². The van der Waals surface area contributed by atoms with Crippen LogP contribution >= 0.6 is 0 Å². The summed E-state index contributed by atoms with van der Waals surface area (Å²) in [5.41, 5.74) is 1.63. The number of halogens is 2. The molecule has 2 aromatic carbocycles. The second-order valence-corrected chi connectivity index (χ2v) is 7.04. The summed E-state index contributed by atoms with van der Waals surface area (Å²) < 4.78 is 32.8. The minimum absolute atomic E-state index is 0.0222. The van der Waals surface area contributed by atoms with Crippen LogP contribution < -0.4 is 10.6 Å². The average Bonchev–Trinajstić information content (AvgIpc) is 3.13. The van der Waals surface area contributed by atoms with Gasteiger partial charge in [-0.1, -0.05) is 30.3 Å². The number of hydrogen-bond donors (Lipinski definition) is 3. The number of aliphatic hydroxyl groups is 1. The summed E-state index contributed by atoms with van der Waals surface area (Å²) in [5, 5.41) is 17.1. The first-order chi connectivity index (χ1) is 13.0. The van der Waals surface area contributed by atoms with Crippen LogP contribution in [0.4, 0.5) is 8.78 Å². The predicted octanol–water partition coefficient (Wildman–Crippen LogP) is 2.40. The molecule has 3 N–H and O–H groups in total. The molecule has 6 heteroatoms. The van der Waals surface area contributed by atoms with E-state index < -0.39 is 17.7 Å². The highest BCUT2D eigenvalue weighted by molar-refractivity contribution is 5.19. The van der Waals surface area contributed by atoms with E-state index in [1.165, 1.54) is 12.1 Å². The second kappa shape index (κ2) is 9.37. The minimum Gasteiger partial charge on any atom is -0.390 e. The van der Waals surface area contributed by atoms with Gasteiger partial charge < -0.3 is 20.5 Å². The van der Waals surface area contributed by atoms with E-state index >= 15 is 0 Å². The maximum absolute atomic E-state index is 13.4. The molecule has 0 bridgehead atoms. The SMILES string of the molecule is CN[C@@H](Cc1cc(F)cc(F)c1)[C@H](O)[C@H]1C[C@@H](OCc2ccccc2)CN1. The normalized spacial score (nSPS) is 21.9. The van der Waals surface area contributed by atoms with Crippen molar-refractivity contribution < 1.29 is 18.6 Å². The van der Waals surface area contributed by atoms with E-state index in [4.69, 9.17) is 4.74 Å². The number of nitrogens with one attached hydrogen (secondary N) is 2. The molecule has 0 saturated carbocycles. The molecule has 1 aliphatic rings. The van der Waals surface area contributed by atoms with Gasteiger partial charge in [-0.3, -0.25) is 0 Å². The molecular formula is C21H26F2N2O2. The van der Waals surface area contributed by atoms with E-state index in [-0.39, 0.29) is 18.2 Å². The molecule has 2 aromatic rings. The number of ether oxygens (including phenoxy) is 1. The van der Waals surface area contributed by atoms with E-state index in [9.17, 15) is 13.9 Å². The Kier molecular flexibility index (Phi) is 6.90. The maximum atomic E-state index is 13.4. The lowest BCUT2D eigenvalue weighted by atomic mass is 9.95. The van der Waals surface area contributed by atoms with Gasteiger partial charge in [0.2, 0.25) is 0 Å². The zero-order valence-electron chi connectivity index (χ0n) is 15.4. The molecule has 4 atom stereocenters. The van der Waals surface area contributed by atoms with Crippen molar-refractivity contribution in [3.63, 3.8) is 0 Å². The zero-order valence-corrected chi connectivity index (χ0v) is 15.4. The van der Waals surface area contributed by atoms with Crippen LogP contribution in [0.5, 0.6) is 0 Å². The number of benzene rings is 2. The van der Waals surface area contributed by atoms with Gasteiger partial charge in [0.25, 0.3) is 0 Å². The predicted molar refractivity (Wildman–Crippen MR) is 100 cm³/mol. The smallest absolute Gasteiger partial charge is 0.126 e. The Hall–Kier alpha value is -1.86. The summed E-state index contributed by atoms with van der Waals surface area (Å²) in [4.78, 5) is 0. The van der Waals surface area contributed by atoms with Crippen LogP contribution in [0.3, 0.4) is 0 Å². The lowest BCUT2D eigenvalue weighted by Gasteiger charge is -2.27. The van der Waals surface area contributed by atoms with Crippen molar-refractivity contribution in [2.24, 2.45) is 0 Å². The Morgan fingerprint density at radius 3 is 2.52 bits per heavy atom. The fourth-order valence-electron chi connectivity index (χ4n) is 3.56. The summed E-state index contributed by atoms with van der Waals surface area (Å²) in [6, 6.07) is 12.9.